The van der Waals surface area contributed by atoms with E-state index in [2.05, 4.69) is 15.1 Å². The maximum absolute atomic E-state index is 17.3. The molecule has 11 nitrogen and oxygen atoms in total. The predicted octanol–water partition coefficient (Wildman–Crippen LogP) is 5.62. The number of nitrogens with zero attached hydrogens (tertiary/aromatic N) is 6. The third kappa shape index (κ3) is 5.18. The SMILES string of the molecule is COc1nc(-c2c(C3CC3)c(Cl)cc3[nH]ncc23)c(F)c2nc(OCC34CCCC3N(C3CC3)CCC4)nc(N3CCOCC(O)C3)c12. The van der Waals surface area contributed by atoms with Gasteiger partial charge < -0.3 is 24.2 Å². The highest BCUT2D eigenvalue weighted by Crippen LogP contribution is 2.52. The minimum absolute atomic E-state index is 0.0262. The number of aromatic amines is 1. The topological polar surface area (TPSA) is 122 Å². The number of aromatic nitrogens is 5. The van der Waals surface area contributed by atoms with Crippen LogP contribution in [0.15, 0.2) is 12.3 Å². The van der Waals surface area contributed by atoms with E-state index in [-0.39, 0.29) is 47.6 Å². The summed E-state index contributed by atoms with van der Waals surface area (Å²) < 4.78 is 35.4. The van der Waals surface area contributed by atoms with Gasteiger partial charge in [-0.15, -0.1) is 0 Å². The average molecular weight is 678 g/mol. The second-order valence-electron chi connectivity index (χ2n) is 14.4. The molecule has 13 heteroatoms. The summed E-state index contributed by atoms with van der Waals surface area (Å²) in [7, 11) is 1.51. The van der Waals surface area contributed by atoms with Gasteiger partial charge in [0, 0.05) is 46.6 Å². The van der Waals surface area contributed by atoms with E-state index in [0.29, 0.717) is 59.1 Å². The van der Waals surface area contributed by atoms with Crippen molar-refractivity contribution >= 4 is 39.2 Å². The van der Waals surface area contributed by atoms with Crippen LogP contribution in [-0.4, -0.2) is 99.9 Å². The van der Waals surface area contributed by atoms with Crippen molar-refractivity contribution in [3.8, 4) is 23.1 Å². The number of likely N-dealkylation sites (tertiary alicyclic amines) is 1. The van der Waals surface area contributed by atoms with Gasteiger partial charge in [-0.2, -0.15) is 15.1 Å². The van der Waals surface area contributed by atoms with Gasteiger partial charge in [0.1, 0.15) is 22.4 Å². The number of aliphatic hydroxyl groups is 1. The Hall–Kier alpha value is -3.32. The lowest BCUT2D eigenvalue weighted by Gasteiger charge is -2.46. The number of halogens is 2. The Morgan fingerprint density at radius 1 is 1.12 bits per heavy atom. The van der Waals surface area contributed by atoms with E-state index in [1.807, 2.05) is 11.0 Å². The summed E-state index contributed by atoms with van der Waals surface area (Å²) in [5.41, 5.74) is 2.34. The van der Waals surface area contributed by atoms with Crippen LogP contribution in [0.2, 0.25) is 5.02 Å². The number of anilines is 1. The first-order chi connectivity index (χ1) is 23.4. The Bertz CT molecular complexity index is 1880. The van der Waals surface area contributed by atoms with E-state index in [0.717, 1.165) is 49.6 Å². The van der Waals surface area contributed by atoms with Crippen LogP contribution in [0.4, 0.5) is 10.2 Å². The second-order valence-corrected chi connectivity index (χ2v) is 14.8. The molecule has 0 spiro atoms. The molecule has 48 heavy (non-hydrogen) atoms. The Kier molecular flexibility index (Phi) is 7.63. The Balaban J connectivity index is 1.20. The van der Waals surface area contributed by atoms with Gasteiger partial charge in [0.2, 0.25) is 5.88 Å². The number of pyridine rings is 1. The maximum atomic E-state index is 17.3. The van der Waals surface area contributed by atoms with Crippen LogP contribution < -0.4 is 14.4 Å². The van der Waals surface area contributed by atoms with Crippen LogP contribution in [0, 0.1) is 11.2 Å². The lowest BCUT2D eigenvalue weighted by Crippen LogP contribution is -2.52. The predicted molar refractivity (Wildman–Crippen MR) is 179 cm³/mol. The molecule has 3 atom stereocenters. The van der Waals surface area contributed by atoms with Crippen LogP contribution in [0.25, 0.3) is 33.1 Å². The molecule has 3 unspecified atom stereocenters. The number of ether oxygens (including phenoxy) is 3. The number of fused-ring (bicyclic) bond motifs is 3. The molecule has 5 fully saturated rings. The largest absolute Gasteiger partial charge is 0.480 e. The summed E-state index contributed by atoms with van der Waals surface area (Å²) in [6.07, 6.45) is 11.2. The zero-order valence-electron chi connectivity index (χ0n) is 27.2. The van der Waals surface area contributed by atoms with Crippen LogP contribution in [0.1, 0.15) is 69.3 Å². The van der Waals surface area contributed by atoms with Gasteiger partial charge in [-0.3, -0.25) is 10.00 Å². The molecule has 3 aliphatic carbocycles. The quantitative estimate of drug-likeness (QED) is 0.243. The molecule has 5 heterocycles. The molecule has 2 saturated heterocycles. The van der Waals surface area contributed by atoms with Crippen molar-refractivity contribution in [3.63, 3.8) is 0 Å². The number of aliphatic hydroxyl groups excluding tert-OH is 1. The molecule has 0 bridgehead atoms. The number of hydrogen-bond acceptors (Lipinski definition) is 10. The molecule has 0 radical (unpaired) electrons. The van der Waals surface area contributed by atoms with Crippen molar-refractivity contribution < 1.29 is 23.7 Å². The van der Waals surface area contributed by atoms with E-state index in [1.54, 1.807) is 6.20 Å². The highest BCUT2D eigenvalue weighted by molar-refractivity contribution is 6.33. The monoisotopic (exact) mass is 677 g/mol. The molecule has 0 amide bonds. The zero-order valence-corrected chi connectivity index (χ0v) is 27.9. The van der Waals surface area contributed by atoms with Gasteiger partial charge in [-0.1, -0.05) is 18.0 Å². The summed E-state index contributed by atoms with van der Waals surface area (Å²) in [6, 6.07) is 3.15. The Morgan fingerprint density at radius 3 is 2.79 bits per heavy atom. The van der Waals surface area contributed by atoms with Crippen molar-refractivity contribution in [2.75, 3.05) is 51.5 Å². The third-order valence-electron chi connectivity index (χ3n) is 11.3. The number of methoxy groups -OCH3 is 1. The minimum Gasteiger partial charge on any atom is -0.480 e. The fraction of sp³-hybridized carbons (Fsp3) is 0.600. The molecule has 2 aliphatic heterocycles. The summed E-state index contributed by atoms with van der Waals surface area (Å²) >= 11 is 6.85. The summed E-state index contributed by atoms with van der Waals surface area (Å²) in [6.45, 7) is 2.90. The van der Waals surface area contributed by atoms with E-state index in [9.17, 15) is 5.11 Å². The van der Waals surface area contributed by atoms with Gasteiger partial charge in [0.05, 0.1) is 44.7 Å². The van der Waals surface area contributed by atoms with E-state index < -0.39 is 11.9 Å². The average Bonchev–Trinajstić information content (AvgIpc) is 4.03. The molecular weight excluding hydrogens is 637 g/mol. The molecule has 3 saturated carbocycles. The molecule has 5 aliphatic rings. The fourth-order valence-corrected chi connectivity index (χ4v) is 9.14. The smallest absolute Gasteiger partial charge is 0.319 e. The first-order valence-corrected chi connectivity index (χ1v) is 17.8. The first kappa shape index (κ1) is 30.7. The summed E-state index contributed by atoms with van der Waals surface area (Å²) in [5.74, 6) is 0.187. The van der Waals surface area contributed by atoms with Crippen LogP contribution in [0.5, 0.6) is 11.9 Å². The van der Waals surface area contributed by atoms with Crippen molar-refractivity contribution in [2.45, 2.75) is 81.9 Å². The number of benzene rings is 1. The van der Waals surface area contributed by atoms with Crippen molar-refractivity contribution in [1.29, 1.82) is 0 Å². The number of nitrogens with one attached hydrogen (secondary N) is 1. The summed E-state index contributed by atoms with van der Waals surface area (Å²) in [5, 5.41) is 19.5. The zero-order chi connectivity index (χ0) is 32.6. The molecule has 3 aromatic heterocycles. The minimum atomic E-state index is -0.749. The highest BCUT2D eigenvalue weighted by atomic mass is 35.5. The van der Waals surface area contributed by atoms with Gasteiger partial charge in [-0.05, 0) is 75.5 Å². The van der Waals surface area contributed by atoms with Crippen LogP contribution >= 0.6 is 11.6 Å². The number of β-amino-alcohol motifs (C(OH)–C–C–N with tert-alkyl or cyclic N) is 1. The van der Waals surface area contributed by atoms with Crippen LogP contribution in [-0.2, 0) is 4.74 Å². The standard InChI is InChI=1S/C35H41ClFN7O4/c1-46-33-28-31(29(37)30(39-33)27-22-15-38-42-24(22)14-23(36)26(27)19-5-6-19)40-34(41-32(28)43-12-13-47-17-21(45)16-43)48-18-35-9-2-4-25(35)44(11-3-10-35)20-7-8-20/h14-15,19-21,25,45H,2-13,16-18H2,1H3,(H,38,42). The lowest BCUT2D eigenvalue weighted by molar-refractivity contribution is -0.00466. The number of rotatable bonds is 8. The first-order valence-electron chi connectivity index (χ1n) is 17.4. The lowest BCUT2D eigenvalue weighted by atomic mass is 9.75. The van der Waals surface area contributed by atoms with Crippen molar-refractivity contribution in [1.82, 2.24) is 30.0 Å². The molecule has 254 valence electrons. The molecule has 1 aromatic carbocycles. The third-order valence-corrected chi connectivity index (χ3v) is 11.6. The number of piperidine rings is 1. The van der Waals surface area contributed by atoms with E-state index in [4.69, 9.17) is 40.8 Å². The highest BCUT2D eigenvalue weighted by Gasteiger charge is 2.51. The number of hydrogen-bond donors (Lipinski definition) is 2. The molecule has 4 aromatic rings. The van der Waals surface area contributed by atoms with Gasteiger partial charge in [0.25, 0.3) is 0 Å². The van der Waals surface area contributed by atoms with Crippen molar-refractivity contribution in [3.05, 3.63) is 28.7 Å². The normalized spacial score (nSPS) is 26.6. The van der Waals surface area contributed by atoms with Crippen LogP contribution in [0.3, 0.4) is 0 Å². The Labute approximate surface area is 283 Å². The molecular formula is C35H41ClFN7O4. The number of H-pyrrole nitrogens is 1. The van der Waals surface area contributed by atoms with Crippen molar-refractivity contribution in [2.24, 2.45) is 5.41 Å². The van der Waals surface area contributed by atoms with E-state index >= 15 is 4.39 Å². The van der Waals surface area contributed by atoms with E-state index in [1.165, 1.54) is 32.8 Å². The summed E-state index contributed by atoms with van der Waals surface area (Å²) in [4.78, 5) is 19.1. The maximum Gasteiger partial charge on any atom is 0.319 e. The molecule has 2 N–H and O–H groups in total. The van der Waals surface area contributed by atoms with Gasteiger partial charge in [0.15, 0.2) is 5.82 Å². The fourth-order valence-electron chi connectivity index (χ4n) is 8.79. The second kappa shape index (κ2) is 11.9. The van der Waals surface area contributed by atoms with Gasteiger partial charge >= 0.3 is 6.01 Å². The molecule has 9 rings (SSSR count). The Morgan fingerprint density at radius 2 is 1.98 bits per heavy atom. The van der Waals surface area contributed by atoms with Gasteiger partial charge in [-0.25, -0.2) is 9.37 Å².